The van der Waals surface area contributed by atoms with Gasteiger partial charge in [0, 0.05) is 52.8 Å². The van der Waals surface area contributed by atoms with Crippen molar-refractivity contribution >= 4 is 33.5 Å². The fraction of sp³-hybridized carbons (Fsp3) is 0.200. The molecule has 9 heteroatoms. The predicted molar refractivity (Wildman–Crippen MR) is 151 cm³/mol. The number of hydrogen-bond acceptors (Lipinski definition) is 6. The van der Waals surface area contributed by atoms with Crippen LogP contribution in [0.3, 0.4) is 0 Å². The Kier molecular flexibility index (Phi) is 5.81. The Bertz CT molecular complexity index is 1800. The smallest absolute Gasteiger partial charge is 0.227 e. The number of anilines is 1. The van der Waals surface area contributed by atoms with Crippen molar-refractivity contribution in [2.24, 2.45) is 5.92 Å². The third-order valence-corrected chi connectivity index (χ3v) is 7.47. The van der Waals surface area contributed by atoms with Gasteiger partial charge in [0.25, 0.3) is 0 Å². The predicted octanol–water partition coefficient (Wildman–Crippen LogP) is 6.14. The molecule has 0 bridgehead atoms. The topological polar surface area (TPSA) is 125 Å². The largest absolute Gasteiger partial charge is 0.335 e. The minimum Gasteiger partial charge on any atom is -0.335 e. The summed E-state index contributed by atoms with van der Waals surface area (Å²) in [7, 11) is 0. The van der Waals surface area contributed by atoms with Crippen molar-refractivity contribution in [2.45, 2.75) is 32.1 Å². The third-order valence-electron chi connectivity index (χ3n) is 7.47. The van der Waals surface area contributed by atoms with Gasteiger partial charge in [-0.2, -0.15) is 5.10 Å². The van der Waals surface area contributed by atoms with Gasteiger partial charge in [-0.25, -0.2) is 4.98 Å². The van der Waals surface area contributed by atoms with Gasteiger partial charge in [-0.1, -0.05) is 31.4 Å². The fourth-order valence-corrected chi connectivity index (χ4v) is 5.43. The van der Waals surface area contributed by atoms with Gasteiger partial charge < -0.3 is 10.3 Å². The maximum Gasteiger partial charge on any atom is 0.227 e. The van der Waals surface area contributed by atoms with Gasteiger partial charge in [-0.3, -0.25) is 24.8 Å². The molecule has 1 fully saturated rings. The van der Waals surface area contributed by atoms with E-state index in [-0.39, 0.29) is 11.8 Å². The van der Waals surface area contributed by atoms with Crippen LogP contribution in [0.2, 0.25) is 0 Å². The van der Waals surface area contributed by atoms with E-state index >= 15 is 0 Å². The van der Waals surface area contributed by atoms with Gasteiger partial charge in [0.2, 0.25) is 5.91 Å². The summed E-state index contributed by atoms with van der Waals surface area (Å²) in [6.07, 6.45) is 16.0. The molecular formula is C30H26N8O. The highest BCUT2D eigenvalue weighted by molar-refractivity contribution is 5.98. The lowest BCUT2D eigenvalue weighted by Crippen LogP contribution is -2.24. The van der Waals surface area contributed by atoms with Gasteiger partial charge >= 0.3 is 0 Å². The SMILES string of the molecule is O=C(Nc1cncc(-c2ccc3[nH]nc(-c4nc5c(-c6cccnc6)cncc5[nH]4)c3c2)c1)C1CCCCC1. The van der Waals surface area contributed by atoms with E-state index in [1.807, 2.05) is 36.5 Å². The molecule has 9 nitrogen and oxygen atoms in total. The van der Waals surface area contributed by atoms with Crippen molar-refractivity contribution in [3.05, 3.63) is 73.6 Å². The molecule has 1 aliphatic rings. The molecule has 0 atom stereocenters. The molecule has 0 aliphatic heterocycles. The fourth-order valence-electron chi connectivity index (χ4n) is 5.43. The highest BCUT2D eigenvalue weighted by Gasteiger charge is 2.21. The summed E-state index contributed by atoms with van der Waals surface area (Å²) in [6.45, 7) is 0. The molecule has 6 aromatic rings. The first-order valence-corrected chi connectivity index (χ1v) is 13.2. The number of aromatic amines is 2. The highest BCUT2D eigenvalue weighted by atomic mass is 16.1. The van der Waals surface area contributed by atoms with Crippen molar-refractivity contribution in [3.8, 4) is 33.8 Å². The lowest BCUT2D eigenvalue weighted by Gasteiger charge is -2.20. The zero-order chi connectivity index (χ0) is 26.2. The van der Waals surface area contributed by atoms with Gasteiger partial charge in [-0.15, -0.1) is 0 Å². The Morgan fingerprint density at radius 2 is 1.72 bits per heavy atom. The van der Waals surface area contributed by atoms with Crippen molar-refractivity contribution in [1.82, 2.24) is 35.1 Å². The van der Waals surface area contributed by atoms with E-state index in [0.717, 1.165) is 75.6 Å². The van der Waals surface area contributed by atoms with Crippen LogP contribution in [0.5, 0.6) is 0 Å². The molecule has 192 valence electrons. The monoisotopic (exact) mass is 514 g/mol. The van der Waals surface area contributed by atoms with E-state index in [0.29, 0.717) is 11.5 Å². The molecule has 1 aromatic carbocycles. The van der Waals surface area contributed by atoms with Crippen LogP contribution >= 0.6 is 0 Å². The lowest BCUT2D eigenvalue weighted by atomic mass is 9.88. The maximum atomic E-state index is 12.8. The molecule has 5 aromatic heterocycles. The first-order chi connectivity index (χ1) is 19.2. The van der Waals surface area contributed by atoms with Crippen molar-refractivity contribution < 1.29 is 4.79 Å². The first-order valence-electron chi connectivity index (χ1n) is 13.2. The summed E-state index contributed by atoms with van der Waals surface area (Å²) in [5.41, 5.74) is 7.70. The molecule has 1 amide bonds. The standard InChI is InChI=1S/C30H26N8O/c39-30(18-5-2-1-3-6-18)34-22-11-21(14-32-15-22)19-8-9-25-23(12-19)28(38-37-25)29-35-26-17-33-16-24(27(26)36-29)20-7-4-10-31-13-20/h4,7-18H,1-3,5-6H2,(H,34,39)(H,35,36)(H,37,38). The van der Waals surface area contributed by atoms with Crippen molar-refractivity contribution in [2.75, 3.05) is 5.32 Å². The van der Waals surface area contributed by atoms with Crippen LogP contribution in [0.1, 0.15) is 32.1 Å². The first kappa shape index (κ1) is 23.2. The van der Waals surface area contributed by atoms with Crippen LogP contribution in [0.15, 0.2) is 73.6 Å². The van der Waals surface area contributed by atoms with Crippen LogP contribution in [0, 0.1) is 5.92 Å². The number of imidazole rings is 1. The lowest BCUT2D eigenvalue weighted by molar-refractivity contribution is -0.120. The number of carbonyl (C=O) groups excluding carboxylic acids is 1. The zero-order valence-corrected chi connectivity index (χ0v) is 21.2. The minimum absolute atomic E-state index is 0.0879. The Hall–Kier alpha value is -4.92. The molecule has 0 radical (unpaired) electrons. The van der Waals surface area contributed by atoms with Gasteiger partial charge in [0.15, 0.2) is 5.82 Å². The Labute approximate surface area is 224 Å². The second kappa shape index (κ2) is 9.75. The second-order valence-corrected chi connectivity index (χ2v) is 10.0. The number of amides is 1. The molecule has 0 spiro atoms. The van der Waals surface area contributed by atoms with Crippen LogP contribution in [-0.4, -0.2) is 41.0 Å². The van der Waals surface area contributed by atoms with Gasteiger partial charge in [0.05, 0.1) is 29.1 Å². The summed E-state index contributed by atoms with van der Waals surface area (Å²) >= 11 is 0. The van der Waals surface area contributed by atoms with Crippen LogP contribution in [-0.2, 0) is 4.79 Å². The quantitative estimate of drug-likeness (QED) is 0.254. The van der Waals surface area contributed by atoms with Crippen LogP contribution < -0.4 is 5.32 Å². The second-order valence-electron chi connectivity index (χ2n) is 10.0. The molecule has 0 saturated heterocycles. The van der Waals surface area contributed by atoms with E-state index in [2.05, 4.69) is 41.5 Å². The van der Waals surface area contributed by atoms with Crippen molar-refractivity contribution in [1.29, 1.82) is 0 Å². The number of pyridine rings is 3. The summed E-state index contributed by atoms with van der Waals surface area (Å²) in [6, 6.07) is 12.0. The van der Waals surface area contributed by atoms with E-state index in [4.69, 9.17) is 4.98 Å². The van der Waals surface area contributed by atoms with Crippen LogP contribution in [0.4, 0.5) is 5.69 Å². The zero-order valence-electron chi connectivity index (χ0n) is 21.2. The molecule has 3 N–H and O–H groups in total. The number of benzene rings is 1. The molecule has 39 heavy (non-hydrogen) atoms. The number of aromatic nitrogens is 7. The number of rotatable bonds is 5. The molecule has 5 heterocycles. The van der Waals surface area contributed by atoms with Crippen LogP contribution in [0.25, 0.3) is 55.7 Å². The minimum atomic E-state index is 0.0879. The van der Waals surface area contributed by atoms with E-state index < -0.39 is 0 Å². The normalized spacial score (nSPS) is 14.2. The number of hydrogen-bond donors (Lipinski definition) is 3. The van der Waals surface area contributed by atoms with Gasteiger partial charge in [0.1, 0.15) is 11.2 Å². The summed E-state index contributed by atoms with van der Waals surface area (Å²) in [5.74, 6) is 0.828. The average molecular weight is 515 g/mol. The average Bonchev–Trinajstić information content (AvgIpc) is 3.62. The summed E-state index contributed by atoms with van der Waals surface area (Å²) in [5, 5.41) is 11.7. The van der Waals surface area contributed by atoms with Crippen molar-refractivity contribution in [3.63, 3.8) is 0 Å². The number of carbonyl (C=O) groups is 1. The van der Waals surface area contributed by atoms with Gasteiger partial charge in [-0.05, 0) is 42.7 Å². The molecular weight excluding hydrogens is 488 g/mol. The summed E-state index contributed by atoms with van der Waals surface area (Å²) in [4.78, 5) is 34.1. The molecule has 1 aliphatic carbocycles. The highest BCUT2D eigenvalue weighted by Crippen LogP contribution is 2.33. The number of H-pyrrole nitrogens is 2. The Morgan fingerprint density at radius 3 is 2.59 bits per heavy atom. The molecule has 0 unspecified atom stereocenters. The Balaban J connectivity index is 1.23. The maximum absolute atomic E-state index is 12.8. The van der Waals surface area contributed by atoms with E-state index in [1.165, 1.54) is 6.42 Å². The Morgan fingerprint density at radius 1 is 0.846 bits per heavy atom. The third kappa shape index (κ3) is 4.41. The number of nitrogens with zero attached hydrogens (tertiary/aromatic N) is 5. The van der Waals surface area contributed by atoms with E-state index in [9.17, 15) is 4.79 Å². The molecule has 7 rings (SSSR count). The van der Waals surface area contributed by atoms with E-state index in [1.54, 1.807) is 31.0 Å². The molecule has 1 saturated carbocycles. The number of nitrogens with one attached hydrogen (secondary N) is 3. The number of fused-ring (bicyclic) bond motifs is 2. The summed E-state index contributed by atoms with van der Waals surface area (Å²) < 4.78 is 0.